The fourth-order valence-corrected chi connectivity index (χ4v) is 2.79. The van der Waals surface area contributed by atoms with E-state index >= 15 is 0 Å². The summed E-state index contributed by atoms with van der Waals surface area (Å²) in [5.74, 6) is 0.600. The molecule has 112 valence electrons. The third-order valence-electron chi connectivity index (χ3n) is 3.95. The molecule has 0 radical (unpaired) electrons. The van der Waals surface area contributed by atoms with Crippen molar-refractivity contribution in [2.75, 3.05) is 26.7 Å². The maximum absolute atomic E-state index is 9.64. The van der Waals surface area contributed by atoms with Crippen molar-refractivity contribution < 1.29 is 9.63 Å². The molecule has 2 N–H and O–H groups in total. The van der Waals surface area contributed by atoms with Crippen molar-refractivity contribution in [1.82, 2.24) is 20.4 Å². The Balaban J connectivity index is 1.76. The predicted octanol–water partition coefficient (Wildman–Crippen LogP) is 1.06. The summed E-state index contributed by atoms with van der Waals surface area (Å²) in [6, 6.07) is 8.36. The summed E-state index contributed by atoms with van der Waals surface area (Å²) < 4.78 is 4.80. The third-order valence-corrected chi connectivity index (χ3v) is 3.95. The van der Waals surface area contributed by atoms with Gasteiger partial charge in [0.2, 0.25) is 12.2 Å². The second-order valence-corrected chi connectivity index (χ2v) is 5.42. The van der Waals surface area contributed by atoms with Crippen LogP contribution in [0.3, 0.4) is 0 Å². The number of aliphatic hydroxyl groups excluding tert-OH is 1. The highest BCUT2D eigenvalue weighted by molar-refractivity contribution is 5.55. The molecule has 0 saturated carbocycles. The molecule has 6 heteroatoms. The van der Waals surface area contributed by atoms with Crippen LogP contribution in [0.15, 0.2) is 35.2 Å². The summed E-state index contributed by atoms with van der Waals surface area (Å²) in [6.07, 6.45) is 2.01. The van der Waals surface area contributed by atoms with Gasteiger partial charge in [0.1, 0.15) is 0 Å². The van der Waals surface area contributed by atoms with Gasteiger partial charge in [-0.3, -0.25) is 4.90 Å². The van der Waals surface area contributed by atoms with Crippen LogP contribution in [-0.4, -0.2) is 52.9 Å². The van der Waals surface area contributed by atoms with E-state index in [-0.39, 0.29) is 12.1 Å². The molecule has 2 aromatic rings. The Morgan fingerprint density at radius 1 is 1.52 bits per heavy atom. The minimum absolute atomic E-state index is 0.187. The highest BCUT2D eigenvalue weighted by Crippen LogP contribution is 2.22. The van der Waals surface area contributed by atoms with Gasteiger partial charge in [-0.15, -0.1) is 0 Å². The van der Waals surface area contributed by atoms with E-state index in [9.17, 15) is 5.11 Å². The van der Waals surface area contributed by atoms with Crippen molar-refractivity contribution in [1.29, 1.82) is 0 Å². The Labute approximate surface area is 123 Å². The molecule has 1 saturated heterocycles. The lowest BCUT2D eigenvalue weighted by Gasteiger charge is -2.23. The highest BCUT2D eigenvalue weighted by Gasteiger charge is 2.23. The van der Waals surface area contributed by atoms with Crippen LogP contribution in [0.1, 0.15) is 18.0 Å². The van der Waals surface area contributed by atoms with Gasteiger partial charge in [0.05, 0.1) is 6.10 Å². The molecule has 1 aromatic carbocycles. The minimum atomic E-state index is -0.187. The van der Waals surface area contributed by atoms with Gasteiger partial charge in [-0.05, 0) is 25.1 Å². The Hall–Kier alpha value is -1.76. The third kappa shape index (κ3) is 3.29. The fraction of sp³-hybridized carbons (Fsp3) is 0.467. The van der Waals surface area contributed by atoms with Crippen LogP contribution in [-0.2, 0) is 0 Å². The first kappa shape index (κ1) is 14.2. The second kappa shape index (κ2) is 6.34. The normalized spacial score (nSPS) is 20.8. The number of likely N-dealkylation sites (N-methyl/N-ethyl adjacent to an activating group) is 1. The van der Waals surface area contributed by atoms with Crippen LogP contribution < -0.4 is 5.32 Å². The lowest BCUT2D eigenvalue weighted by molar-refractivity contribution is 0.173. The van der Waals surface area contributed by atoms with E-state index in [1.165, 1.54) is 12.0 Å². The van der Waals surface area contributed by atoms with Crippen molar-refractivity contribution in [2.45, 2.75) is 18.6 Å². The lowest BCUT2D eigenvalue weighted by Crippen LogP contribution is -2.33. The smallest absolute Gasteiger partial charge is 0.214 e. The maximum Gasteiger partial charge on any atom is 0.214 e. The summed E-state index contributed by atoms with van der Waals surface area (Å²) in [5.41, 5.74) is 2.13. The highest BCUT2D eigenvalue weighted by atomic mass is 16.5. The van der Waals surface area contributed by atoms with Crippen LogP contribution in [0, 0.1) is 0 Å². The number of nitrogens with zero attached hydrogens (tertiary/aromatic N) is 3. The topological polar surface area (TPSA) is 74.4 Å². The number of hydrogen-bond acceptors (Lipinski definition) is 6. The molecule has 1 fully saturated rings. The van der Waals surface area contributed by atoms with Crippen molar-refractivity contribution in [3.05, 3.63) is 36.2 Å². The zero-order valence-electron chi connectivity index (χ0n) is 12.1. The maximum atomic E-state index is 9.64. The standard InChI is InChI=1S/C15H20N4O2/c1-16-14(9-19-6-5-13(20)8-19)11-3-2-4-12(7-11)15-17-10-21-18-15/h2-4,7,10,13-14,16,20H,5-6,8-9H2,1H3/t13-,14?/m0/s1. The molecule has 1 unspecified atom stereocenters. The van der Waals surface area contributed by atoms with Crippen molar-refractivity contribution >= 4 is 0 Å². The SMILES string of the molecule is CNC(CN1CC[C@H](O)C1)c1cccc(-c2ncon2)c1. The monoisotopic (exact) mass is 288 g/mol. The van der Waals surface area contributed by atoms with Gasteiger partial charge < -0.3 is 14.9 Å². The molecule has 0 aliphatic carbocycles. The molecule has 0 bridgehead atoms. The van der Waals surface area contributed by atoms with Crippen LogP contribution in [0.4, 0.5) is 0 Å². The molecule has 1 aromatic heterocycles. The summed E-state index contributed by atoms with van der Waals surface area (Å²) in [4.78, 5) is 6.37. The molecule has 2 atom stereocenters. The largest absolute Gasteiger partial charge is 0.392 e. The quantitative estimate of drug-likeness (QED) is 0.857. The number of rotatable bonds is 5. The molecule has 0 spiro atoms. The van der Waals surface area contributed by atoms with Crippen molar-refractivity contribution in [3.8, 4) is 11.4 Å². The molecular weight excluding hydrogens is 268 g/mol. The van der Waals surface area contributed by atoms with Crippen molar-refractivity contribution in [2.24, 2.45) is 0 Å². The number of likely N-dealkylation sites (tertiary alicyclic amines) is 1. The van der Waals surface area contributed by atoms with Gasteiger partial charge in [0.15, 0.2) is 0 Å². The number of aromatic nitrogens is 2. The van der Waals surface area contributed by atoms with E-state index in [1.54, 1.807) is 0 Å². The van der Waals surface area contributed by atoms with Gasteiger partial charge in [0.25, 0.3) is 0 Å². The second-order valence-electron chi connectivity index (χ2n) is 5.42. The molecule has 0 amide bonds. The molecule has 1 aliphatic rings. The predicted molar refractivity (Wildman–Crippen MR) is 78.6 cm³/mol. The average molecular weight is 288 g/mol. The summed E-state index contributed by atoms with van der Waals surface area (Å²) >= 11 is 0. The van der Waals surface area contributed by atoms with E-state index in [4.69, 9.17) is 4.52 Å². The minimum Gasteiger partial charge on any atom is -0.392 e. The first-order chi connectivity index (χ1) is 10.3. The fourth-order valence-electron chi connectivity index (χ4n) is 2.79. The van der Waals surface area contributed by atoms with Gasteiger partial charge in [0, 0.05) is 31.2 Å². The van der Waals surface area contributed by atoms with Crippen LogP contribution in [0.5, 0.6) is 0 Å². The van der Waals surface area contributed by atoms with Gasteiger partial charge >= 0.3 is 0 Å². The number of benzene rings is 1. The van der Waals surface area contributed by atoms with Crippen molar-refractivity contribution in [3.63, 3.8) is 0 Å². The lowest BCUT2D eigenvalue weighted by atomic mass is 10.0. The van der Waals surface area contributed by atoms with E-state index in [2.05, 4.69) is 32.5 Å². The van der Waals surface area contributed by atoms with E-state index in [1.807, 2.05) is 19.2 Å². The van der Waals surface area contributed by atoms with E-state index in [0.29, 0.717) is 5.82 Å². The first-order valence-electron chi connectivity index (χ1n) is 7.20. The average Bonchev–Trinajstić information content (AvgIpc) is 3.16. The van der Waals surface area contributed by atoms with Gasteiger partial charge in [-0.2, -0.15) is 4.98 Å². The summed E-state index contributed by atoms with van der Waals surface area (Å²) in [7, 11) is 1.96. The zero-order valence-corrected chi connectivity index (χ0v) is 12.1. The van der Waals surface area contributed by atoms with Gasteiger partial charge in [-0.1, -0.05) is 23.4 Å². The Morgan fingerprint density at radius 3 is 3.10 bits per heavy atom. The Kier molecular flexibility index (Phi) is 4.28. The molecule has 3 rings (SSSR count). The number of nitrogens with one attached hydrogen (secondary N) is 1. The van der Waals surface area contributed by atoms with E-state index in [0.717, 1.165) is 31.6 Å². The molecule has 6 nitrogen and oxygen atoms in total. The van der Waals surface area contributed by atoms with Crippen LogP contribution >= 0.6 is 0 Å². The summed E-state index contributed by atoms with van der Waals surface area (Å²) in [5, 5.41) is 16.9. The summed E-state index contributed by atoms with van der Waals surface area (Å²) in [6.45, 7) is 2.58. The molecule has 21 heavy (non-hydrogen) atoms. The Morgan fingerprint density at radius 2 is 2.43 bits per heavy atom. The Bertz CT molecular complexity index is 573. The number of β-amino-alcohol motifs (C(OH)–C–C–N with tert-alkyl or cyclic N) is 1. The van der Waals surface area contributed by atoms with E-state index < -0.39 is 0 Å². The van der Waals surface area contributed by atoms with Gasteiger partial charge in [-0.25, -0.2) is 0 Å². The van der Waals surface area contributed by atoms with Crippen LogP contribution in [0.25, 0.3) is 11.4 Å². The van der Waals surface area contributed by atoms with Crippen LogP contribution in [0.2, 0.25) is 0 Å². The molecular formula is C15H20N4O2. The number of hydrogen-bond donors (Lipinski definition) is 2. The molecule has 2 heterocycles. The zero-order chi connectivity index (χ0) is 14.7. The first-order valence-corrected chi connectivity index (χ1v) is 7.20. The molecule has 1 aliphatic heterocycles. The number of aliphatic hydroxyl groups is 1.